The van der Waals surface area contributed by atoms with Gasteiger partial charge in [-0.25, -0.2) is 4.98 Å². The van der Waals surface area contributed by atoms with Crippen LogP contribution in [0.5, 0.6) is 0 Å². The number of halogens is 1. The Morgan fingerprint density at radius 1 is 1.33 bits per heavy atom. The van der Waals surface area contributed by atoms with Gasteiger partial charge in [0.1, 0.15) is 5.15 Å². The van der Waals surface area contributed by atoms with E-state index in [-0.39, 0.29) is 5.91 Å². The number of rotatable bonds is 2. The molecule has 4 nitrogen and oxygen atoms in total. The van der Waals surface area contributed by atoms with Crippen LogP contribution in [0, 0.1) is 13.8 Å². The third-order valence-electron chi connectivity index (χ3n) is 2.47. The van der Waals surface area contributed by atoms with Crippen molar-refractivity contribution < 1.29 is 4.79 Å². The number of nitrogens with zero attached hydrogens (tertiary/aromatic N) is 2. The Kier molecular flexibility index (Phi) is 3.58. The Labute approximate surface area is 110 Å². The molecule has 0 fully saturated rings. The summed E-state index contributed by atoms with van der Waals surface area (Å²) in [5.41, 5.74) is 2.83. The SMILES string of the molecule is Cc1cc(C(=O)Nc2cnccc2C)cc(Cl)n1. The van der Waals surface area contributed by atoms with Crippen LogP contribution in [0.1, 0.15) is 21.6 Å². The van der Waals surface area contributed by atoms with Crippen molar-refractivity contribution in [2.45, 2.75) is 13.8 Å². The molecule has 18 heavy (non-hydrogen) atoms. The topological polar surface area (TPSA) is 54.9 Å². The summed E-state index contributed by atoms with van der Waals surface area (Å²) < 4.78 is 0. The van der Waals surface area contributed by atoms with Gasteiger partial charge in [0.25, 0.3) is 5.91 Å². The summed E-state index contributed by atoms with van der Waals surface area (Å²) >= 11 is 5.82. The summed E-state index contributed by atoms with van der Waals surface area (Å²) in [6.07, 6.45) is 3.29. The van der Waals surface area contributed by atoms with Crippen molar-refractivity contribution in [3.8, 4) is 0 Å². The van der Waals surface area contributed by atoms with Gasteiger partial charge in [-0.15, -0.1) is 0 Å². The van der Waals surface area contributed by atoms with E-state index in [1.165, 1.54) is 6.07 Å². The number of amides is 1. The van der Waals surface area contributed by atoms with E-state index >= 15 is 0 Å². The Balaban J connectivity index is 2.25. The quantitative estimate of drug-likeness (QED) is 0.846. The number of carbonyl (C=O) groups is 1. The van der Waals surface area contributed by atoms with Crippen molar-refractivity contribution >= 4 is 23.2 Å². The van der Waals surface area contributed by atoms with Gasteiger partial charge in [0.15, 0.2) is 0 Å². The highest BCUT2D eigenvalue weighted by molar-refractivity contribution is 6.29. The van der Waals surface area contributed by atoms with Crippen molar-refractivity contribution in [1.82, 2.24) is 9.97 Å². The highest BCUT2D eigenvalue weighted by Gasteiger charge is 2.09. The van der Waals surface area contributed by atoms with Crippen LogP contribution in [0.2, 0.25) is 5.15 Å². The molecule has 1 amide bonds. The lowest BCUT2D eigenvalue weighted by atomic mass is 10.2. The minimum atomic E-state index is -0.224. The summed E-state index contributed by atoms with van der Waals surface area (Å²) in [5, 5.41) is 3.10. The number of hydrogen-bond acceptors (Lipinski definition) is 3. The average molecular weight is 262 g/mol. The van der Waals surface area contributed by atoms with Crippen LogP contribution >= 0.6 is 11.6 Å². The number of aromatic nitrogens is 2. The largest absolute Gasteiger partial charge is 0.320 e. The molecule has 2 rings (SSSR count). The first-order chi connectivity index (χ1) is 8.56. The maximum atomic E-state index is 12.0. The van der Waals surface area contributed by atoms with Crippen molar-refractivity contribution in [1.29, 1.82) is 0 Å². The predicted octanol–water partition coefficient (Wildman–Crippen LogP) is 3.00. The van der Waals surface area contributed by atoms with E-state index in [9.17, 15) is 4.79 Å². The first kappa shape index (κ1) is 12.5. The molecule has 2 heterocycles. The Morgan fingerprint density at radius 2 is 2.11 bits per heavy atom. The lowest BCUT2D eigenvalue weighted by molar-refractivity contribution is 0.102. The first-order valence-corrected chi connectivity index (χ1v) is 5.80. The molecule has 0 aliphatic heterocycles. The maximum Gasteiger partial charge on any atom is 0.255 e. The summed E-state index contributed by atoms with van der Waals surface area (Å²) in [4.78, 5) is 20.0. The van der Waals surface area contributed by atoms with E-state index < -0.39 is 0 Å². The number of aryl methyl sites for hydroxylation is 2. The minimum Gasteiger partial charge on any atom is -0.320 e. The van der Waals surface area contributed by atoms with Crippen molar-refractivity contribution in [2.24, 2.45) is 0 Å². The number of hydrogen-bond donors (Lipinski definition) is 1. The van der Waals surface area contributed by atoms with Gasteiger partial charge in [-0.1, -0.05) is 11.6 Å². The van der Waals surface area contributed by atoms with Crippen LogP contribution in [0.3, 0.4) is 0 Å². The zero-order valence-corrected chi connectivity index (χ0v) is 10.8. The van der Waals surface area contributed by atoms with Gasteiger partial charge in [-0.3, -0.25) is 9.78 Å². The van der Waals surface area contributed by atoms with Gasteiger partial charge in [0.05, 0.1) is 11.9 Å². The van der Waals surface area contributed by atoms with Gasteiger partial charge in [0.2, 0.25) is 0 Å². The average Bonchev–Trinajstić information content (AvgIpc) is 2.31. The molecule has 0 saturated heterocycles. The molecule has 2 aromatic rings. The lowest BCUT2D eigenvalue weighted by Gasteiger charge is -2.08. The molecule has 5 heteroatoms. The molecule has 0 atom stereocenters. The second-order valence-corrected chi connectivity index (χ2v) is 4.35. The van der Waals surface area contributed by atoms with Gasteiger partial charge in [-0.2, -0.15) is 0 Å². The molecular weight excluding hydrogens is 250 g/mol. The number of pyridine rings is 2. The smallest absolute Gasteiger partial charge is 0.255 e. The molecule has 0 bridgehead atoms. The molecule has 92 valence electrons. The molecule has 0 aliphatic carbocycles. The first-order valence-electron chi connectivity index (χ1n) is 5.42. The van der Waals surface area contributed by atoms with E-state index in [0.717, 1.165) is 5.56 Å². The zero-order chi connectivity index (χ0) is 13.1. The zero-order valence-electron chi connectivity index (χ0n) is 10.1. The number of anilines is 1. The molecule has 2 aromatic heterocycles. The monoisotopic (exact) mass is 261 g/mol. The van der Waals surface area contributed by atoms with Gasteiger partial charge < -0.3 is 5.32 Å². The summed E-state index contributed by atoms with van der Waals surface area (Å²) in [7, 11) is 0. The van der Waals surface area contributed by atoms with Crippen LogP contribution < -0.4 is 5.32 Å². The highest BCUT2D eigenvalue weighted by Crippen LogP contribution is 2.15. The molecule has 0 aliphatic rings. The number of carbonyl (C=O) groups excluding carboxylic acids is 1. The fourth-order valence-corrected chi connectivity index (χ4v) is 1.80. The Hall–Kier alpha value is -1.94. The van der Waals surface area contributed by atoms with Gasteiger partial charge >= 0.3 is 0 Å². The molecule has 1 N–H and O–H groups in total. The van der Waals surface area contributed by atoms with E-state index in [0.29, 0.717) is 22.1 Å². The number of nitrogens with one attached hydrogen (secondary N) is 1. The maximum absolute atomic E-state index is 12.0. The van der Waals surface area contributed by atoms with Crippen LogP contribution in [0.25, 0.3) is 0 Å². The molecule has 0 spiro atoms. The fraction of sp³-hybridized carbons (Fsp3) is 0.154. The molecule has 0 radical (unpaired) electrons. The van der Waals surface area contributed by atoms with Crippen LogP contribution in [-0.2, 0) is 0 Å². The predicted molar refractivity (Wildman–Crippen MR) is 70.9 cm³/mol. The van der Waals surface area contributed by atoms with Crippen LogP contribution in [-0.4, -0.2) is 15.9 Å². The normalized spacial score (nSPS) is 10.2. The second-order valence-electron chi connectivity index (χ2n) is 3.96. The third kappa shape index (κ3) is 2.84. The summed E-state index contributed by atoms with van der Waals surface area (Å²) in [6, 6.07) is 5.06. The summed E-state index contributed by atoms with van der Waals surface area (Å²) in [5.74, 6) is -0.224. The van der Waals surface area contributed by atoms with Gasteiger partial charge in [0, 0.05) is 17.5 Å². The Morgan fingerprint density at radius 3 is 2.78 bits per heavy atom. The third-order valence-corrected chi connectivity index (χ3v) is 2.67. The highest BCUT2D eigenvalue weighted by atomic mass is 35.5. The van der Waals surface area contributed by atoms with Gasteiger partial charge in [-0.05, 0) is 37.6 Å². The standard InChI is InChI=1S/C13H12ClN3O/c1-8-3-4-15-7-11(8)17-13(18)10-5-9(2)16-12(14)6-10/h3-7H,1-2H3,(H,17,18). The molecule has 0 unspecified atom stereocenters. The lowest BCUT2D eigenvalue weighted by Crippen LogP contribution is -2.13. The Bertz CT molecular complexity index is 578. The van der Waals surface area contributed by atoms with E-state index in [4.69, 9.17) is 11.6 Å². The van der Waals surface area contributed by atoms with Crippen molar-refractivity contribution in [2.75, 3.05) is 5.32 Å². The minimum absolute atomic E-state index is 0.224. The second kappa shape index (κ2) is 5.14. The van der Waals surface area contributed by atoms with Crippen molar-refractivity contribution in [3.63, 3.8) is 0 Å². The van der Waals surface area contributed by atoms with E-state index in [1.807, 2.05) is 13.0 Å². The molecular formula is C13H12ClN3O. The molecule has 0 saturated carbocycles. The molecule has 0 aromatic carbocycles. The van der Waals surface area contributed by atoms with Crippen molar-refractivity contribution in [3.05, 3.63) is 52.6 Å². The van der Waals surface area contributed by atoms with E-state index in [1.54, 1.807) is 25.4 Å². The van der Waals surface area contributed by atoms with Crippen LogP contribution in [0.15, 0.2) is 30.6 Å². The van der Waals surface area contributed by atoms with Crippen LogP contribution in [0.4, 0.5) is 5.69 Å². The summed E-state index contributed by atoms with van der Waals surface area (Å²) in [6.45, 7) is 3.69. The fourth-order valence-electron chi connectivity index (χ4n) is 1.55. The van der Waals surface area contributed by atoms with E-state index in [2.05, 4.69) is 15.3 Å².